The van der Waals surface area contributed by atoms with E-state index in [4.69, 9.17) is 16.7 Å². The van der Waals surface area contributed by atoms with Gasteiger partial charge >= 0.3 is 5.97 Å². The van der Waals surface area contributed by atoms with Gasteiger partial charge in [0.05, 0.1) is 11.7 Å². The van der Waals surface area contributed by atoms with Gasteiger partial charge in [0, 0.05) is 41.2 Å². The summed E-state index contributed by atoms with van der Waals surface area (Å²) in [5.41, 5.74) is -0.0219. The van der Waals surface area contributed by atoms with Crippen LogP contribution in [0.25, 0.3) is 0 Å². The molecule has 2 rings (SSSR count). The lowest BCUT2D eigenvalue weighted by molar-refractivity contribution is -0.137. The summed E-state index contributed by atoms with van der Waals surface area (Å²) < 4.78 is 0. The van der Waals surface area contributed by atoms with Crippen LogP contribution in [-0.4, -0.2) is 49.8 Å². The Balaban J connectivity index is 1.83. The normalized spacial score (nSPS) is 23.9. The standard InChI is InChI=1S/C22H31ClO5S/c1-22(28,13-15-7-6-8-16(23)11-15)14-29-21-17(18(24)12-19(21)25)9-4-2-3-5-10-20(26)27/h6-8,11,17,19,21,25,28H,2-5,9-10,12-14H2,1H3,(H,26,27)/t17-,19?,21+,22?/m0/s1. The molecule has 0 spiro atoms. The molecule has 0 aliphatic heterocycles. The fourth-order valence-electron chi connectivity index (χ4n) is 3.88. The van der Waals surface area contributed by atoms with Crippen molar-refractivity contribution >= 4 is 35.1 Å². The molecular formula is C22H31ClO5S. The highest BCUT2D eigenvalue weighted by molar-refractivity contribution is 8.00. The van der Waals surface area contributed by atoms with Crippen LogP contribution >= 0.6 is 23.4 Å². The first-order chi connectivity index (χ1) is 13.7. The van der Waals surface area contributed by atoms with E-state index >= 15 is 0 Å². The highest BCUT2D eigenvalue weighted by Gasteiger charge is 2.42. The predicted molar refractivity (Wildman–Crippen MR) is 116 cm³/mol. The monoisotopic (exact) mass is 442 g/mol. The third-order valence-electron chi connectivity index (χ3n) is 5.32. The van der Waals surface area contributed by atoms with E-state index in [9.17, 15) is 19.8 Å². The zero-order valence-electron chi connectivity index (χ0n) is 16.8. The van der Waals surface area contributed by atoms with Crippen LogP contribution in [0.5, 0.6) is 0 Å². The number of aliphatic hydroxyl groups excluding tert-OH is 1. The Kier molecular flexibility index (Phi) is 9.47. The largest absolute Gasteiger partial charge is 0.481 e. The van der Waals surface area contributed by atoms with Crippen LogP contribution in [0.15, 0.2) is 24.3 Å². The third kappa shape index (κ3) is 8.28. The van der Waals surface area contributed by atoms with Crippen LogP contribution in [0.2, 0.25) is 5.02 Å². The van der Waals surface area contributed by atoms with Gasteiger partial charge in [0.15, 0.2) is 0 Å². The molecule has 162 valence electrons. The number of carboxylic acids is 1. The maximum atomic E-state index is 12.3. The number of hydrogen-bond donors (Lipinski definition) is 3. The number of thioether (sulfide) groups is 1. The Morgan fingerprint density at radius 3 is 2.69 bits per heavy atom. The molecule has 1 saturated carbocycles. The van der Waals surface area contributed by atoms with E-state index in [2.05, 4.69) is 0 Å². The molecule has 0 heterocycles. The Morgan fingerprint density at radius 1 is 1.28 bits per heavy atom. The molecule has 3 N–H and O–H groups in total. The molecule has 4 atom stereocenters. The minimum atomic E-state index is -0.970. The molecular weight excluding hydrogens is 412 g/mol. The van der Waals surface area contributed by atoms with Crippen LogP contribution < -0.4 is 0 Å². The Labute approximate surface area is 181 Å². The van der Waals surface area contributed by atoms with Gasteiger partial charge in [0.1, 0.15) is 5.78 Å². The Hall–Kier alpha value is -1.08. The van der Waals surface area contributed by atoms with Crippen molar-refractivity contribution in [1.82, 2.24) is 0 Å². The van der Waals surface area contributed by atoms with Gasteiger partial charge in [-0.3, -0.25) is 9.59 Å². The van der Waals surface area contributed by atoms with Crippen molar-refractivity contribution in [1.29, 1.82) is 0 Å². The average molecular weight is 443 g/mol. The van der Waals surface area contributed by atoms with Crippen LogP contribution in [0.3, 0.4) is 0 Å². The topological polar surface area (TPSA) is 94.8 Å². The maximum Gasteiger partial charge on any atom is 0.303 e. The highest BCUT2D eigenvalue weighted by Crippen LogP contribution is 2.38. The number of hydrogen-bond acceptors (Lipinski definition) is 5. The van der Waals surface area contributed by atoms with Crippen molar-refractivity contribution in [3.05, 3.63) is 34.9 Å². The second-order valence-corrected chi connectivity index (χ2v) is 9.87. The van der Waals surface area contributed by atoms with Crippen LogP contribution in [0.1, 0.15) is 57.4 Å². The number of carbonyl (C=O) groups excluding carboxylic acids is 1. The number of carboxylic acid groups (broad SMARTS) is 1. The van der Waals surface area contributed by atoms with Gasteiger partial charge in [-0.05, 0) is 37.5 Å². The fourth-order valence-corrected chi connectivity index (χ4v) is 5.59. The van der Waals surface area contributed by atoms with E-state index in [1.54, 1.807) is 13.0 Å². The summed E-state index contributed by atoms with van der Waals surface area (Å²) in [6, 6.07) is 7.40. The summed E-state index contributed by atoms with van der Waals surface area (Å²) in [6.45, 7) is 1.77. The first-order valence-electron chi connectivity index (χ1n) is 10.2. The van der Waals surface area contributed by atoms with Crippen LogP contribution in [-0.2, 0) is 16.0 Å². The van der Waals surface area contributed by atoms with Gasteiger partial charge < -0.3 is 15.3 Å². The lowest BCUT2D eigenvalue weighted by atomic mass is 9.97. The molecule has 1 aromatic rings. The summed E-state index contributed by atoms with van der Waals surface area (Å²) >= 11 is 7.49. The number of Topliss-reactive ketones (excluding diaryl/α,β-unsaturated/α-hetero) is 1. The smallest absolute Gasteiger partial charge is 0.303 e. The molecule has 1 aromatic carbocycles. The van der Waals surface area contributed by atoms with Crippen molar-refractivity contribution in [2.45, 2.75) is 75.2 Å². The zero-order chi connectivity index (χ0) is 21.4. The number of aliphatic carboxylic acids is 1. The minimum absolute atomic E-state index is 0.0926. The molecule has 29 heavy (non-hydrogen) atoms. The van der Waals surface area contributed by atoms with Gasteiger partial charge in [-0.1, -0.05) is 43.0 Å². The lowest BCUT2D eigenvalue weighted by Gasteiger charge is -2.27. The summed E-state index contributed by atoms with van der Waals surface area (Å²) in [5, 5.41) is 30.2. The molecule has 0 amide bonds. The van der Waals surface area contributed by atoms with Gasteiger partial charge in [-0.25, -0.2) is 0 Å². The number of unbranched alkanes of at least 4 members (excludes halogenated alkanes) is 3. The van der Waals surface area contributed by atoms with E-state index in [0.29, 0.717) is 30.0 Å². The number of carbonyl (C=O) groups is 2. The Bertz CT molecular complexity index is 694. The molecule has 1 fully saturated rings. The first kappa shape index (κ1) is 24.2. The first-order valence-corrected chi connectivity index (χ1v) is 11.6. The second-order valence-electron chi connectivity index (χ2n) is 8.27. The molecule has 1 aliphatic rings. The molecule has 0 aromatic heterocycles. The quantitative estimate of drug-likeness (QED) is 0.421. The van der Waals surface area contributed by atoms with E-state index in [1.807, 2.05) is 18.2 Å². The van der Waals surface area contributed by atoms with E-state index < -0.39 is 17.7 Å². The minimum Gasteiger partial charge on any atom is -0.481 e. The van der Waals surface area contributed by atoms with Crippen molar-refractivity contribution in [3.63, 3.8) is 0 Å². The number of ketones is 1. The van der Waals surface area contributed by atoms with E-state index in [-0.39, 0.29) is 29.8 Å². The second kappa shape index (κ2) is 11.3. The van der Waals surface area contributed by atoms with Crippen LogP contribution in [0, 0.1) is 5.92 Å². The summed E-state index contributed by atoms with van der Waals surface area (Å²) in [7, 11) is 0. The predicted octanol–water partition coefficient (Wildman–Crippen LogP) is 4.11. The van der Waals surface area contributed by atoms with Gasteiger partial charge in [0.25, 0.3) is 0 Å². The third-order valence-corrected chi connectivity index (χ3v) is 7.37. The fraction of sp³-hybridized carbons (Fsp3) is 0.636. The van der Waals surface area contributed by atoms with Gasteiger partial charge in [-0.15, -0.1) is 0 Å². The molecule has 1 aliphatic carbocycles. The van der Waals surface area contributed by atoms with E-state index in [1.165, 1.54) is 11.8 Å². The lowest BCUT2D eigenvalue weighted by Crippen LogP contribution is -2.34. The Morgan fingerprint density at radius 2 is 2.00 bits per heavy atom. The SMILES string of the molecule is CC(O)(CS[C@H]1C(O)CC(=O)[C@@H]1CCCCCCC(=O)O)Cc1cccc(Cl)c1. The molecule has 2 unspecified atom stereocenters. The number of halogens is 1. The van der Waals surface area contributed by atoms with Gasteiger partial charge in [-0.2, -0.15) is 11.8 Å². The molecule has 0 bridgehead atoms. The van der Waals surface area contributed by atoms with Crippen molar-refractivity contribution < 1.29 is 24.9 Å². The van der Waals surface area contributed by atoms with Gasteiger partial charge in [0.2, 0.25) is 0 Å². The zero-order valence-corrected chi connectivity index (χ0v) is 18.4. The summed E-state index contributed by atoms with van der Waals surface area (Å²) in [6.07, 6.45) is 4.06. The van der Waals surface area contributed by atoms with Crippen LogP contribution in [0.4, 0.5) is 0 Å². The summed E-state index contributed by atoms with van der Waals surface area (Å²) in [5.74, 6) is -0.462. The number of aliphatic hydroxyl groups is 2. The molecule has 7 heteroatoms. The van der Waals surface area contributed by atoms with Crippen molar-refractivity contribution in [3.8, 4) is 0 Å². The van der Waals surface area contributed by atoms with Crippen molar-refractivity contribution in [2.75, 3.05) is 5.75 Å². The number of rotatable bonds is 12. The highest BCUT2D eigenvalue weighted by atomic mass is 35.5. The van der Waals surface area contributed by atoms with E-state index in [0.717, 1.165) is 24.8 Å². The summed E-state index contributed by atoms with van der Waals surface area (Å²) in [4.78, 5) is 22.9. The molecule has 0 saturated heterocycles. The maximum absolute atomic E-state index is 12.3. The number of benzene rings is 1. The van der Waals surface area contributed by atoms with Crippen molar-refractivity contribution in [2.24, 2.45) is 5.92 Å². The molecule has 0 radical (unpaired) electrons. The average Bonchev–Trinajstić information content (AvgIpc) is 2.88. The molecule has 5 nitrogen and oxygen atoms in total.